The number of amides is 2. The van der Waals surface area contributed by atoms with E-state index < -0.39 is 17.7 Å². The highest BCUT2D eigenvalue weighted by atomic mass is 16.6. The third-order valence-electron chi connectivity index (χ3n) is 6.17. The van der Waals surface area contributed by atoms with Crippen LogP contribution in [-0.2, 0) is 11.3 Å². The Morgan fingerprint density at radius 1 is 1.08 bits per heavy atom. The van der Waals surface area contributed by atoms with Gasteiger partial charge in [0.1, 0.15) is 11.4 Å². The lowest BCUT2D eigenvalue weighted by atomic mass is 9.98. The lowest BCUT2D eigenvalue weighted by molar-refractivity contribution is 0.0633. The molecule has 1 aliphatic rings. The van der Waals surface area contributed by atoms with Gasteiger partial charge in [-0.15, -0.1) is 0 Å². The molecule has 0 bridgehead atoms. The number of aromatic carboxylic acids is 1. The summed E-state index contributed by atoms with van der Waals surface area (Å²) in [7, 11) is 1.78. The largest absolute Gasteiger partial charge is 0.478 e. The number of carbonyl (C=O) groups excluding carboxylic acids is 2. The van der Waals surface area contributed by atoms with E-state index in [9.17, 15) is 14.4 Å². The second-order valence-electron chi connectivity index (χ2n) is 10.3. The van der Waals surface area contributed by atoms with Gasteiger partial charge in [0.25, 0.3) is 5.91 Å². The Morgan fingerprint density at radius 2 is 1.73 bits per heavy atom. The second-order valence-corrected chi connectivity index (χ2v) is 10.3. The third-order valence-corrected chi connectivity index (χ3v) is 6.17. The number of nitrogens with one attached hydrogen (secondary N) is 1. The Kier molecular flexibility index (Phi) is 7.33. The monoisotopic (exact) mass is 504 g/mol. The number of carbonyl (C=O) groups is 3. The third kappa shape index (κ3) is 6.35. The quantitative estimate of drug-likeness (QED) is 0.474. The van der Waals surface area contributed by atoms with Gasteiger partial charge in [0.05, 0.1) is 11.3 Å². The van der Waals surface area contributed by atoms with E-state index >= 15 is 0 Å². The van der Waals surface area contributed by atoms with Crippen molar-refractivity contribution in [2.24, 2.45) is 0 Å². The Morgan fingerprint density at radius 3 is 2.35 bits per heavy atom. The van der Waals surface area contributed by atoms with Crippen LogP contribution in [0.5, 0.6) is 0 Å². The summed E-state index contributed by atoms with van der Waals surface area (Å²) in [6.45, 7) is 6.76. The summed E-state index contributed by atoms with van der Waals surface area (Å²) < 4.78 is 7.39. The van der Waals surface area contributed by atoms with Crippen LogP contribution in [0.4, 0.5) is 10.5 Å². The molecular weight excluding hydrogens is 472 g/mol. The number of ether oxygens (including phenoxy) is 1. The van der Waals surface area contributed by atoms with Gasteiger partial charge in [-0.25, -0.2) is 14.6 Å². The highest BCUT2D eigenvalue weighted by Crippen LogP contribution is 2.31. The molecule has 3 aromatic rings. The van der Waals surface area contributed by atoms with Crippen LogP contribution in [0.25, 0.3) is 11.3 Å². The number of anilines is 1. The van der Waals surface area contributed by atoms with Gasteiger partial charge in [0, 0.05) is 49.1 Å². The molecule has 9 heteroatoms. The normalized spacial score (nSPS) is 15.0. The highest BCUT2D eigenvalue weighted by molar-refractivity contribution is 5.95. The molecule has 0 saturated carbocycles. The van der Waals surface area contributed by atoms with Gasteiger partial charge in [-0.05, 0) is 70.0 Å². The first-order chi connectivity index (χ1) is 17.5. The number of imidazole rings is 1. The van der Waals surface area contributed by atoms with Crippen molar-refractivity contribution in [1.29, 1.82) is 0 Å². The Balaban J connectivity index is 1.42. The lowest BCUT2D eigenvalue weighted by Crippen LogP contribution is -2.33. The number of likely N-dealkylation sites (N-methyl/N-ethyl adjacent to an activating group) is 1. The van der Waals surface area contributed by atoms with Gasteiger partial charge in [0.15, 0.2) is 0 Å². The van der Waals surface area contributed by atoms with Gasteiger partial charge in [-0.3, -0.25) is 10.1 Å². The maximum atomic E-state index is 13.1. The average molecular weight is 505 g/mol. The number of rotatable bonds is 6. The number of aromatic nitrogens is 2. The topological polar surface area (TPSA) is 114 Å². The van der Waals surface area contributed by atoms with Crippen molar-refractivity contribution in [2.75, 3.05) is 18.9 Å². The fourth-order valence-electron chi connectivity index (χ4n) is 4.42. The van der Waals surface area contributed by atoms with Gasteiger partial charge in [0.2, 0.25) is 0 Å². The van der Waals surface area contributed by atoms with E-state index in [0.29, 0.717) is 17.8 Å². The van der Waals surface area contributed by atoms with E-state index in [1.807, 2.05) is 6.20 Å². The van der Waals surface area contributed by atoms with Crippen LogP contribution < -0.4 is 5.32 Å². The summed E-state index contributed by atoms with van der Waals surface area (Å²) >= 11 is 0. The standard InChI is InChI=1S/C28H32N4O5/c1-28(2,3)37-27(36)29-22-13-11-19(12-14-22)25(33)31(4)16-21-6-5-15-32-17-23(30-24(21)32)18-7-9-20(10-8-18)26(34)35/h7-14,17,21H,5-6,15-16H2,1-4H3,(H,29,36)(H,34,35). The predicted molar refractivity (Wildman–Crippen MR) is 140 cm³/mol. The minimum absolute atomic E-state index is 0.0860. The van der Waals surface area contributed by atoms with Crippen LogP contribution in [0.2, 0.25) is 0 Å². The van der Waals surface area contributed by atoms with E-state index in [1.54, 1.807) is 81.2 Å². The van der Waals surface area contributed by atoms with Crippen LogP contribution in [0.3, 0.4) is 0 Å². The number of nitrogens with zero attached hydrogens (tertiary/aromatic N) is 3. The summed E-state index contributed by atoms with van der Waals surface area (Å²) in [5.41, 5.74) is 2.36. The van der Waals surface area contributed by atoms with Crippen molar-refractivity contribution in [3.8, 4) is 11.3 Å². The molecule has 2 heterocycles. The van der Waals surface area contributed by atoms with E-state index in [2.05, 4.69) is 9.88 Å². The first kappa shape index (κ1) is 25.9. The molecule has 1 aromatic heterocycles. The fraction of sp³-hybridized carbons (Fsp3) is 0.357. The minimum atomic E-state index is -0.961. The molecule has 1 aliphatic heterocycles. The van der Waals surface area contributed by atoms with Crippen molar-refractivity contribution in [3.63, 3.8) is 0 Å². The van der Waals surface area contributed by atoms with E-state index in [4.69, 9.17) is 14.8 Å². The number of carboxylic acids is 1. The van der Waals surface area contributed by atoms with Crippen LogP contribution in [0, 0.1) is 0 Å². The van der Waals surface area contributed by atoms with Crippen LogP contribution >= 0.6 is 0 Å². The smallest absolute Gasteiger partial charge is 0.412 e. The molecule has 2 N–H and O–H groups in total. The molecule has 0 saturated heterocycles. The van der Waals surface area contributed by atoms with Crippen LogP contribution in [0.15, 0.2) is 54.7 Å². The second kappa shape index (κ2) is 10.5. The van der Waals surface area contributed by atoms with Crippen LogP contribution in [0.1, 0.15) is 66.1 Å². The molecule has 194 valence electrons. The lowest BCUT2D eigenvalue weighted by Gasteiger charge is -2.28. The molecule has 0 radical (unpaired) electrons. The van der Waals surface area contributed by atoms with Crippen molar-refractivity contribution in [3.05, 3.63) is 71.7 Å². The molecule has 1 atom stereocenters. The Bertz CT molecular complexity index is 1290. The molecular formula is C28H32N4O5. The summed E-state index contributed by atoms with van der Waals surface area (Å²) in [4.78, 5) is 42.8. The number of hydrogen-bond acceptors (Lipinski definition) is 5. The number of aryl methyl sites for hydroxylation is 1. The molecule has 1 unspecified atom stereocenters. The molecule has 0 fully saturated rings. The average Bonchev–Trinajstić information content (AvgIpc) is 3.28. The SMILES string of the molecule is CN(CC1CCCn2cc(-c3ccc(C(=O)O)cc3)nc21)C(=O)c1ccc(NC(=O)OC(C)(C)C)cc1. The minimum Gasteiger partial charge on any atom is -0.478 e. The first-order valence-corrected chi connectivity index (χ1v) is 12.3. The van der Waals surface area contributed by atoms with E-state index in [1.165, 1.54) is 0 Å². The summed E-state index contributed by atoms with van der Waals surface area (Å²) in [6.07, 6.45) is 3.35. The zero-order valence-corrected chi connectivity index (χ0v) is 21.5. The molecule has 0 aliphatic carbocycles. The summed E-state index contributed by atoms with van der Waals surface area (Å²) in [5, 5.41) is 11.8. The molecule has 37 heavy (non-hydrogen) atoms. The number of hydrogen-bond donors (Lipinski definition) is 2. The zero-order chi connectivity index (χ0) is 26.7. The molecule has 4 rings (SSSR count). The Hall–Kier alpha value is -4.14. The molecule has 9 nitrogen and oxygen atoms in total. The maximum Gasteiger partial charge on any atom is 0.412 e. The van der Waals surface area contributed by atoms with Crippen molar-refractivity contribution in [1.82, 2.24) is 14.5 Å². The van der Waals surface area contributed by atoms with Gasteiger partial charge in [-0.1, -0.05) is 12.1 Å². The van der Waals surface area contributed by atoms with Crippen molar-refractivity contribution in [2.45, 2.75) is 51.7 Å². The van der Waals surface area contributed by atoms with Crippen molar-refractivity contribution < 1.29 is 24.2 Å². The van der Waals surface area contributed by atoms with E-state index in [0.717, 1.165) is 36.5 Å². The molecule has 2 amide bonds. The fourth-order valence-corrected chi connectivity index (χ4v) is 4.42. The first-order valence-electron chi connectivity index (χ1n) is 12.3. The number of carboxylic acid groups (broad SMARTS) is 1. The van der Waals surface area contributed by atoms with Crippen molar-refractivity contribution >= 4 is 23.7 Å². The predicted octanol–water partition coefficient (Wildman–Crippen LogP) is 5.24. The van der Waals surface area contributed by atoms with E-state index in [-0.39, 0.29) is 17.4 Å². The summed E-state index contributed by atoms with van der Waals surface area (Å²) in [6, 6.07) is 13.4. The van der Waals surface area contributed by atoms with Gasteiger partial charge >= 0.3 is 12.1 Å². The zero-order valence-electron chi connectivity index (χ0n) is 21.5. The maximum absolute atomic E-state index is 13.1. The number of benzene rings is 2. The highest BCUT2D eigenvalue weighted by Gasteiger charge is 2.26. The van der Waals surface area contributed by atoms with Gasteiger partial charge < -0.3 is 19.3 Å². The summed E-state index contributed by atoms with van der Waals surface area (Å²) in [5.74, 6) is -0.0580. The van der Waals surface area contributed by atoms with Gasteiger partial charge in [-0.2, -0.15) is 0 Å². The molecule has 0 spiro atoms. The van der Waals surface area contributed by atoms with Crippen LogP contribution in [-0.4, -0.2) is 56.7 Å². The number of fused-ring (bicyclic) bond motifs is 1. The Labute approximate surface area is 216 Å². The molecule has 2 aromatic carbocycles.